The first-order valence-electron chi connectivity index (χ1n) is 17.8. The molecule has 8 atom stereocenters. The first-order chi connectivity index (χ1) is 21.5. The molecular formula is C35H58O8SSi2. The van der Waals surface area contributed by atoms with Crippen LogP contribution in [0.1, 0.15) is 95.4 Å². The lowest BCUT2D eigenvalue weighted by Gasteiger charge is -2.67. The molecule has 0 N–H and O–H groups in total. The van der Waals surface area contributed by atoms with Crippen LogP contribution in [-0.2, 0) is 37.4 Å². The number of ether oxygens (including phenoxy) is 4. The quantitative estimate of drug-likeness (QED) is 0.0937. The lowest BCUT2D eigenvalue weighted by atomic mass is 9.45. The number of ketones is 1. The Bertz CT molecular complexity index is 1260. The van der Waals surface area contributed by atoms with E-state index < -0.39 is 68.9 Å². The molecule has 2 saturated heterocycles. The smallest absolute Gasteiger partial charge is 0.353 e. The number of carbonyl (C=O) groups is 2. The van der Waals surface area contributed by atoms with Crippen molar-refractivity contribution in [3.8, 4) is 0 Å². The summed E-state index contributed by atoms with van der Waals surface area (Å²) in [4.78, 5) is 28.2. The maximum atomic E-state index is 15.3. The molecule has 0 radical (unpaired) electrons. The number of esters is 1. The summed E-state index contributed by atoms with van der Waals surface area (Å²) in [5.41, 5.74) is -1.50. The van der Waals surface area contributed by atoms with E-state index in [4.69, 9.17) is 40.0 Å². The van der Waals surface area contributed by atoms with Crippen molar-refractivity contribution in [2.75, 3.05) is 6.61 Å². The van der Waals surface area contributed by atoms with E-state index in [0.29, 0.717) is 12.8 Å². The minimum absolute atomic E-state index is 0.0783. The molecule has 46 heavy (non-hydrogen) atoms. The summed E-state index contributed by atoms with van der Waals surface area (Å²) in [5, 5.41) is 0.0783. The number of hydrogen-bond acceptors (Lipinski definition) is 9. The lowest BCUT2D eigenvalue weighted by molar-refractivity contribution is -0.334. The van der Waals surface area contributed by atoms with Gasteiger partial charge in [0, 0.05) is 43.8 Å². The first-order valence-corrected chi connectivity index (χ1v) is 23.3. The molecule has 8 nitrogen and oxygen atoms in total. The van der Waals surface area contributed by atoms with Crippen molar-refractivity contribution in [1.82, 2.24) is 0 Å². The molecule has 0 aromatic carbocycles. The Kier molecular flexibility index (Phi) is 9.70. The van der Waals surface area contributed by atoms with E-state index in [1.165, 1.54) is 6.92 Å². The SMILES string of the molecule is CC[Si](CC)(CC)O[C@H]1C[C@@]23OC(=S)OC2C2[C@](C)(C(=O)CC(=C1C)C3(C)C)[C@@H](O[Si](CC)(CC)CC)C[C@H]1OC[C@@]21OC(C)=O. The molecular weight excluding hydrogens is 637 g/mol. The zero-order chi connectivity index (χ0) is 34.1. The van der Waals surface area contributed by atoms with E-state index >= 15 is 4.79 Å². The molecule has 11 heteroatoms. The molecule has 2 unspecified atom stereocenters. The van der Waals surface area contributed by atoms with Crippen molar-refractivity contribution < 1.29 is 37.4 Å². The minimum Gasteiger partial charge on any atom is -0.454 e. The van der Waals surface area contributed by atoms with Gasteiger partial charge in [-0.3, -0.25) is 9.59 Å². The Morgan fingerprint density at radius 1 is 0.957 bits per heavy atom. The van der Waals surface area contributed by atoms with Crippen LogP contribution in [0.15, 0.2) is 11.1 Å². The number of thiocarbonyl (C=S) groups is 1. The molecule has 2 aliphatic heterocycles. The van der Waals surface area contributed by atoms with Crippen molar-refractivity contribution >= 4 is 45.8 Å². The maximum absolute atomic E-state index is 15.3. The molecule has 1 spiro atoms. The molecule has 260 valence electrons. The summed E-state index contributed by atoms with van der Waals surface area (Å²) in [5.74, 6) is -0.907. The van der Waals surface area contributed by atoms with Crippen LogP contribution in [-0.4, -0.2) is 75.8 Å². The second-order valence-electron chi connectivity index (χ2n) is 15.4. The van der Waals surface area contributed by atoms with E-state index in [1.807, 2.05) is 6.92 Å². The number of Topliss-reactive ketones (excluding diaryl/α,β-unsaturated/α-hetero) is 1. The van der Waals surface area contributed by atoms with Crippen LogP contribution >= 0.6 is 12.2 Å². The van der Waals surface area contributed by atoms with Crippen LogP contribution in [0, 0.1) is 16.7 Å². The van der Waals surface area contributed by atoms with E-state index in [0.717, 1.165) is 47.4 Å². The van der Waals surface area contributed by atoms with E-state index in [9.17, 15) is 4.79 Å². The fourth-order valence-electron chi connectivity index (χ4n) is 10.1. The molecule has 4 fully saturated rings. The summed E-state index contributed by atoms with van der Waals surface area (Å²) in [6.07, 6.45) is -0.484. The van der Waals surface area contributed by atoms with Gasteiger partial charge < -0.3 is 27.8 Å². The number of rotatable bonds is 11. The van der Waals surface area contributed by atoms with Gasteiger partial charge in [-0.15, -0.1) is 0 Å². The Balaban J connectivity index is 1.77. The third-order valence-corrected chi connectivity index (χ3v) is 23.2. The number of fused-ring (bicyclic) bond motifs is 5. The van der Waals surface area contributed by atoms with Gasteiger partial charge in [-0.1, -0.05) is 61.0 Å². The van der Waals surface area contributed by atoms with E-state index in [1.54, 1.807) is 0 Å². The third-order valence-electron chi connectivity index (χ3n) is 13.8. The highest BCUT2D eigenvalue weighted by molar-refractivity contribution is 7.79. The third kappa shape index (κ3) is 4.98. The molecule has 2 saturated carbocycles. The highest BCUT2D eigenvalue weighted by atomic mass is 32.1. The van der Waals surface area contributed by atoms with E-state index in [-0.39, 0.29) is 30.2 Å². The van der Waals surface area contributed by atoms with Gasteiger partial charge in [-0.2, -0.15) is 0 Å². The summed E-state index contributed by atoms with van der Waals surface area (Å²) >= 11 is 5.77. The van der Waals surface area contributed by atoms with Gasteiger partial charge in [-0.05, 0) is 55.7 Å². The van der Waals surface area contributed by atoms with E-state index in [2.05, 4.69) is 62.3 Å². The van der Waals surface area contributed by atoms with Crippen molar-refractivity contribution in [3.63, 3.8) is 0 Å². The zero-order valence-corrected chi connectivity index (χ0v) is 32.9. The highest BCUT2D eigenvalue weighted by Gasteiger charge is 2.79. The Hall–Kier alpha value is -1.12. The van der Waals surface area contributed by atoms with Gasteiger partial charge in [0.1, 0.15) is 11.9 Å². The molecule has 5 rings (SSSR count). The largest absolute Gasteiger partial charge is 0.454 e. The Morgan fingerprint density at radius 3 is 2.02 bits per heavy atom. The van der Waals surface area contributed by atoms with Crippen molar-refractivity contribution in [2.45, 2.75) is 167 Å². The van der Waals surface area contributed by atoms with Crippen molar-refractivity contribution in [3.05, 3.63) is 11.1 Å². The van der Waals surface area contributed by atoms with Gasteiger partial charge in [0.2, 0.25) is 0 Å². The summed E-state index contributed by atoms with van der Waals surface area (Å²) in [7, 11) is -4.23. The van der Waals surface area contributed by atoms with Crippen LogP contribution in [0.2, 0.25) is 36.3 Å². The fraction of sp³-hybridized carbons (Fsp3) is 0.857. The predicted octanol–water partition coefficient (Wildman–Crippen LogP) is 7.65. The summed E-state index contributed by atoms with van der Waals surface area (Å²) < 4.78 is 40.7. The monoisotopic (exact) mass is 694 g/mol. The predicted molar refractivity (Wildman–Crippen MR) is 187 cm³/mol. The van der Waals surface area contributed by atoms with Crippen molar-refractivity contribution in [1.29, 1.82) is 0 Å². The highest BCUT2D eigenvalue weighted by Crippen LogP contribution is 2.67. The summed E-state index contributed by atoms with van der Waals surface area (Å²) in [6, 6.07) is 5.91. The van der Waals surface area contributed by atoms with Crippen molar-refractivity contribution in [2.24, 2.45) is 16.7 Å². The van der Waals surface area contributed by atoms with Crippen LogP contribution in [0.3, 0.4) is 0 Å². The second-order valence-corrected chi connectivity index (χ2v) is 25.2. The zero-order valence-electron chi connectivity index (χ0n) is 30.1. The number of hydrogen-bond donors (Lipinski definition) is 0. The van der Waals surface area contributed by atoms with Gasteiger partial charge in [0.05, 0.1) is 30.1 Å². The molecule has 0 amide bonds. The first kappa shape index (κ1) is 36.2. The summed E-state index contributed by atoms with van der Waals surface area (Å²) in [6.45, 7) is 23.5. The van der Waals surface area contributed by atoms with Crippen LogP contribution in [0.4, 0.5) is 0 Å². The molecule has 3 aliphatic carbocycles. The fourth-order valence-corrected chi connectivity index (χ4v) is 16.1. The van der Waals surface area contributed by atoms with Gasteiger partial charge in [0.15, 0.2) is 33.9 Å². The molecule has 2 bridgehead atoms. The minimum atomic E-state index is -2.18. The topological polar surface area (TPSA) is 89.5 Å². The number of carbonyl (C=O) groups excluding carboxylic acids is 2. The lowest BCUT2D eigenvalue weighted by Crippen LogP contribution is -2.80. The standard InChI is InChI=1S/C35H58O8SSi2/c1-12-45(13-2,14-3)42-25-20-35-30(39-31(44)41-35)29-33(11,26(37)18-24(22(25)7)32(35,9)10)27(43-46(15-4,16-5)17-6)19-28-34(29,21-38-28)40-23(8)36/h25,27-30H,12-21H2,1-11H3/t25-,27-,28+,29?,30?,33+,34-,35+/m0/s1. The molecule has 0 aromatic rings. The molecule has 0 aromatic heterocycles. The van der Waals surface area contributed by atoms with Crippen LogP contribution in [0.5, 0.6) is 0 Å². The van der Waals surface area contributed by atoms with Crippen LogP contribution in [0.25, 0.3) is 0 Å². The normalized spacial score (nSPS) is 38.4. The van der Waals surface area contributed by atoms with Crippen LogP contribution < -0.4 is 0 Å². The Labute approximate surface area is 284 Å². The molecule has 2 heterocycles. The van der Waals surface area contributed by atoms with Gasteiger partial charge >= 0.3 is 11.2 Å². The Morgan fingerprint density at radius 2 is 1.52 bits per heavy atom. The second kappa shape index (κ2) is 12.3. The maximum Gasteiger partial charge on any atom is 0.353 e. The molecule has 5 aliphatic rings. The average molecular weight is 695 g/mol. The average Bonchev–Trinajstić information content (AvgIpc) is 3.35. The van der Waals surface area contributed by atoms with Gasteiger partial charge in [0.25, 0.3) is 0 Å². The van der Waals surface area contributed by atoms with Gasteiger partial charge in [-0.25, -0.2) is 0 Å².